The van der Waals surface area contributed by atoms with Gasteiger partial charge >= 0.3 is 11.9 Å². The predicted molar refractivity (Wildman–Crippen MR) is 53.5 cm³/mol. The van der Waals surface area contributed by atoms with Crippen molar-refractivity contribution in [2.45, 2.75) is 0 Å². The molecule has 0 aliphatic rings. The van der Waals surface area contributed by atoms with Crippen molar-refractivity contribution >= 4 is 17.9 Å². The van der Waals surface area contributed by atoms with Crippen molar-refractivity contribution in [1.82, 2.24) is 0 Å². The summed E-state index contributed by atoms with van der Waals surface area (Å²) in [5.74, 6) is -3.00. The molecule has 0 heterocycles. The van der Waals surface area contributed by atoms with Gasteiger partial charge in [-0.2, -0.15) is 0 Å². The molecule has 0 aromatic heterocycles. The van der Waals surface area contributed by atoms with Gasteiger partial charge in [-0.3, -0.25) is 0 Å². The molecule has 6 nitrogen and oxygen atoms in total. The van der Waals surface area contributed by atoms with Gasteiger partial charge in [-0.1, -0.05) is 0 Å². The fraction of sp³-hybridized carbons (Fsp3) is 0.182. The molecule has 6 heteroatoms. The monoisotopic (exact) mass is 237 g/mol. The lowest BCUT2D eigenvalue weighted by atomic mass is 10.1. The molecule has 0 unspecified atom stereocenters. The molecule has 0 saturated carbocycles. The van der Waals surface area contributed by atoms with Gasteiger partial charge in [-0.15, -0.1) is 0 Å². The van der Waals surface area contributed by atoms with Crippen molar-refractivity contribution in [3.05, 3.63) is 34.9 Å². The lowest BCUT2D eigenvalue weighted by Gasteiger charge is -2.08. The van der Waals surface area contributed by atoms with E-state index in [1.807, 2.05) is 0 Å². The summed E-state index contributed by atoms with van der Waals surface area (Å²) in [5, 5.41) is 10.7. The Bertz CT molecular complexity index is 443. The highest BCUT2D eigenvalue weighted by molar-refractivity contribution is 5.99. The maximum absolute atomic E-state index is 11.3. The van der Waals surface area contributed by atoms with Crippen LogP contribution >= 0.6 is 0 Å². The number of methoxy groups -OCH3 is 2. The van der Waals surface area contributed by atoms with Crippen LogP contribution in [-0.4, -0.2) is 32.1 Å². The summed E-state index contributed by atoms with van der Waals surface area (Å²) in [5.41, 5.74) is -0.419. The first-order chi connectivity index (χ1) is 7.99. The zero-order chi connectivity index (χ0) is 13.0. The van der Waals surface area contributed by atoms with Crippen molar-refractivity contribution < 1.29 is 29.0 Å². The highest BCUT2D eigenvalue weighted by atomic mass is 16.5. The fourth-order valence-corrected chi connectivity index (χ4v) is 1.22. The van der Waals surface area contributed by atoms with E-state index in [1.165, 1.54) is 6.07 Å². The number of carbonyl (C=O) groups excluding carboxylic acids is 3. The van der Waals surface area contributed by atoms with Crippen LogP contribution in [0.3, 0.4) is 0 Å². The van der Waals surface area contributed by atoms with Crippen molar-refractivity contribution in [3.63, 3.8) is 0 Å². The van der Waals surface area contributed by atoms with Crippen molar-refractivity contribution in [3.8, 4) is 0 Å². The van der Waals surface area contributed by atoms with Crippen LogP contribution in [0.15, 0.2) is 18.2 Å². The number of rotatable bonds is 3. The summed E-state index contributed by atoms with van der Waals surface area (Å²) >= 11 is 0. The van der Waals surface area contributed by atoms with Crippen LogP contribution in [0.5, 0.6) is 0 Å². The average molecular weight is 237 g/mol. The van der Waals surface area contributed by atoms with Crippen molar-refractivity contribution in [2.24, 2.45) is 0 Å². The molecular formula is C11H9O6-. The summed E-state index contributed by atoms with van der Waals surface area (Å²) < 4.78 is 8.87. The largest absolute Gasteiger partial charge is 0.545 e. The third-order valence-corrected chi connectivity index (χ3v) is 2.01. The van der Waals surface area contributed by atoms with Crippen LogP contribution in [0.25, 0.3) is 0 Å². The van der Waals surface area contributed by atoms with Gasteiger partial charge in [0.1, 0.15) is 0 Å². The Labute approximate surface area is 96.8 Å². The number of carboxylic acid groups (broad SMARTS) is 1. The maximum Gasteiger partial charge on any atom is 0.337 e. The molecule has 17 heavy (non-hydrogen) atoms. The Balaban J connectivity index is 3.33. The second kappa shape index (κ2) is 5.11. The van der Waals surface area contributed by atoms with E-state index < -0.39 is 17.9 Å². The van der Waals surface area contributed by atoms with Crippen LogP contribution in [0, 0.1) is 0 Å². The number of aromatic carboxylic acids is 1. The Morgan fingerprint density at radius 2 is 1.24 bits per heavy atom. The number of esters is 2. The zero-order valence-corrected chi connectivity index (χ0v) is 9.18. The van der Waals surface area contributed by atoms with E-state index in [4.69, 9.17) is 0 Å². The summed E-state index contributed by atoms with van der Waals surface area (Å²) in [7, 11) is 2.29. The van der Waals surface area contributed by atoms with E-state index in [-0.39, 0.29) is 16.7 Å². The molecule has 0 saturated heterocycles. The Hall–Kier alpha value is -2.37. The maximum atomic E-state index is 11.3. The topological polar surface area (TPSA) is 92.7 Å². The lowest BCUT2D eigenvalue weighted by molar-refractivity contribution is -0.255. The molecule has 90 valence electrons. The second-order valence-electron chi connectivity index (χ2n) is 3.07. The Morgan fingerprint density at radius 3 is 1.53 bits per heavy atom. The van der Waals surface area contributed by atoms with Crippen LogP contribution < -0.4 is 5.11 Å². The molecule has 0 spiro atoms. The van der Waals surface area contributed by atoms with Crippen LogP contribution in [0.2, 0.25) is 0 Å². The molecule has 0 fully saturated rings. The molecule has 0 N–H and O–H groups in total. The highest BCUT2D eigenvalue weighted by Gasteiger charge is 2.13. The minimum absolute atomic E-state index is 0.0606. The first-order valence-corrected chi connectivity index (χ1v) is 4.52. The number of hydrogen-bond acceptors (Lipinski definition) is 6. The molecule has 1 rings (SSSR count). The number of hydrogen-bond donors (Lipinski definition) is 0. The molecular weight excluding hydrogens is 228 g/mol. The standard InChI is InChI=1S/C11H10O6/c1-16-10(14)7-3-6(9(12)13)4-8(5-7)11(15)17-2/h3-5H,1-2H3,(H,12,13)/p-1. The smallest absolute Gasteiger partial charge is 0.337 e. The lowest BCUT2D eigenvalue weighted by Crippen LogP contribution is -2.23. The summed E-state index contributed by atoms with van der Waals surface area (Å²) in [4.78, 5) is 33.2. The summed E-state index contributed by atoms with van der Waals surface area (Å²) in [6, 6.07) is 3.31. The van der Waals surface area contributed by atoms with Gasteiger partial charge in [-0.05, 0) is 23.8 Å². The molecule has 0 bridgehead atoms. The van der Waals surface area contributed by atoms with Gasteiger partial charge in [0.15, 0.2) is 0 Å². The first-order valence-electron chi connectivity index (χ1n) is 4.52. The fourth-order valence-electron chi connectivity index (χ4n) is 1.22. The number of carbonyl (C=O) groups is 3. The minimum Gasteiger partial charge on any atom is -0.545 e. The third kappa shape index (κ3) is 2.81. The van der Waals surface area contributed by atoms with E-state index in [1.54, 1.807) is 0 Å². The summed E-state index contributed by atoms with van der Waals surface area (Å²) in [6.07, 6.45) is 0. The molecule has 0 atom stereocenters. The second-order valence-corrected chi connectivity index (χ2v) is 3.07. The van der Waals surface area contributed by atoms with Gasteiger partial charge in [-0.25, -0.2) is 9.59 Å². The third-order valence-electron chi connectivity index (χ3n) is 2.01. The van der Waals surface area contributed by atoms with E-state index in [0.717, 1.165) is 26.4 Å². The number of carboxylic acids is 1. The molecule has 0 radical (unpaired) electrons. The average Bonchev–Trinajstić information content (AvgIpc) is 2.36. The molecule has 1 aromatic carbocycles. The van der Waals surface area contributed by atoms with E-state index in [9.17, 15) is 19.5 Å². The predicted octanol–water partition coefficient (Wildman–Crippen LogP) is -0.377. The molecule has 0 aliphatic carbocycles. The minimum atomic E-state index is -1.50. The van der Waals surface area contributed by atoms with Crippen LogP contribution in [0.4, 0.5) is 0 Å². The SMILES string of the molecule is COC(=O)c1cc(C(=O)[O-])cc(C(=O)OC)c1. The Kier molecular flexibility index (Phi) is 3.82. The molecule has 0 aliphatic heterocycles. The quantitative estimate of drug-likeness (QED) is 0.665. The van der Waals surface area contributed by atoms with Gasteiger partial charge in [0, 0.05) is 0 Å². The summed E-state index contributed by atoms with van der Waals surface area (Å²) in [6.45, 7) is 0. The number of ether oxygens (including phenoxy) is 2. The van der Waals surface area contributed by atoms with Crippen molar-refractivity contribution in [1.29, 1.82) is 0 Å². The van der Waals surface area contributed by atoms with Gasteiger partial charge in [0.2, 0.25) is 0 Å². The van der Waals surface area contributed by atoms with Gasteiger partial charge in [0.05, 0.1) is 31.3 Å². The van der Waals surface area contributed by atoms with Crippen molar-refractivity contribution in [2.75, 3.05) is 14.2 Å². The van der Waals surface area contributed by atoms with Crippen LogP contribution in [0.1, 0.15) is 31.1 Å². The zero-order valence-electron chi connectivity index (χ0n) is 9.18. The highest BCUT2D eigenvalue weighted by Crippen LogP contribution is 2.12. The normalized spacial score (nSPS) is 9.53. The van der Waals surface area contributed by atoms with E-state index in [0.29, 0.717) is 0 Å². The first kappa shape index (κ1) is 12.7. The number of benzene rings is 1. The van der Waals surface area contributed by atoms with E-state index >= 15 is 0 Å². The van der Waals surface area contributed by atoms with E-state index in [2.05, 4.69) is 9.47 Å². The molecule has 1 aromatic rings. The Morgan fingerprint density at radius 1 is 0.882 bits per heavy atom. The van der Waals surface area contributed by atoms with Gasteiger partial charge < -0.3 is 19.4 Å². The molecule has 0 amide bonds. The van der Waals surface area contributed by atoms with Gasteiger partial charge in [0.25, 0.3) is 0 Å². The van der Waals surface area contributed by atoms with Crippen LogP contribution in [-0.2, 0) is 9.47 Å².